The molecule has 1 heterocycles. The SMILES string of the molecule is C[C@@H](NC(=O)CCN1C(=O)[C@H]2CCCC[C@H]2C1=O)c1cccc2ccccc12. The van der Waals surface area contributed by atoms with E-state index in [9.17, 15) is 14.4 Å². The molecule has 2 aliphatic rings. The van der Waals surface area contributed by atoms with Crippen molar-refractivity contribution in [3.63, 3.8) is 0 Å². The molecule has 1 aliphatic heterocycles. The van der Waals surface area contributed by atoms with E-state index in [1.165, 1.54) is 4.90 Å². The van der Waals surface area contributed by atoms with Crippen molar-refractivity contribution in [1.29, 1.82) is 0 Å². The molecule has 0 spiro atoms. The molecule has 3 amide bonds. The quantitative estimate of drug-likeness (QED) is 0.809. The van der Waals surface area contributed by atoms with Crippen LogP contribution >= 0.6 is 0 Å². The van der Waals surface area contributed by atoms with Crippen LogP contribution in [0.5, 0.6) is 0 Å². The van der Waals surface area contributed by atoms with Crippen molar-refractivity contribution in [3.8, 4) is 0 Å². The third kappa shape index (κ3) is 3.41. The lowest BCUT2D eigenvalue weighted by atomic mass is 9.81. The number of carbonyl (C=O) groups excluding carboxylic acids is 3. The van der Waals surface area contributed by atoms with Crippen LogP contribution in [0.4, 0.5) is 0 Å². The van der Waals surface area contributed by atoms with E-state index in [2.05, 4.69) is 23.5 Å². The van der Waals surface area contributed by atoms with Gasteiger partial charge in [0, 0.05) is 13.0 Å². The predicted molar refractivity (Wildman–Crippen MR) is 107 cm³/mol. The molecule has 5 nitrogen and oxygen atoms in total. The first kappa shape index (κ1) is 18.7. The van der Waals surface area contributed by atoms with Crippen LogP contribution in [-0.2, 0) is 14.4 Å². The zero-order chi connectivity index (χ0) is 19.7. The molecule has 1 saturated carbocycles. The number of amides is 3. The highest BCUT2D eigenvalue weighted by atomic mass is 16.2. The van der Waals surface area contributed by atoms with Gasteiger partial charge in [-0.25, -0.2) is 0 Å². The summed E-state index contributed by atoms with van der Waals surface area (Å²) in [6.07, 6.45) is 3.77. The Kier molecular flexibility index (Phi) is 5.16. The van der Waals surface area contributed by atoms with Gasteiger partial charge in [-0.05, 0) is 36.1 Å². The van der Waals surface area contributed by atoms with Crippen LogP contribution < -0.4 is 5.32 Å². The van der Waals surface area contributed by atoms with Gasteiger partial charge in [0.2, 0.25) is 17.7 Å². The monoisotopic (exact) mass is 378 g/mol. The number of imide groups is 1. The standard InChI is InChI=1S/C23H26N2O3/c1-15(17-12-6-8-16-7-2-3-9-18(16)17)24-21(26)13-14-25-22(27)19-10-4-5-11-20(19)23(25)28/h2-3,6-9,12,15,19-20H,4-5,10-11,13-14H2,1H3,(H,24,26)/t15-,19-,20+/m1/s1. The predicted octanol–water partition coefficient (Wildman–Crippen LogP) is 3.58. The molecule has 0 aromatic heterocycles. The third-order valence-corrected chi connectivity index (χ3v) is 6.16. The number of carbonyl (C=O) groups is 3. The van der Waals surface area contributed by atoms with E-state index in [0.29, 0.717) is 0 Å². The Hall–Kier alpha value is -2.69. The highest BCUT2D eigenvalue weighted by molar-refractivity contribution is 6.05. The molecule has 0 unspecified atom stereocenters. The number of likely N-dealkylation sites (tertiary alicyclic amines) is 1. The van der Waals surface area contributed by atoms with E-state index >= 15 is 0 Å². The molecule has 3 atom stereocenters. The van der Waals surface area contributed by atoms with Gasteiger partial charge in [0.15, 0.2) is 0 Å². The minimum atomic E-state index is -0.154. The van der Waals surface area contributed by atoms with Gasteiger partial charge >= 0.3 is 0 Å². The molecular formula is C23H26N2O3. The van der Waals surface area contributed by atoms with Gasteiger partial charge in [-0.1, -0.05) is 55.3 Å². The van der Waals surface area contributed by atoms with E-state index in [4.69, 9.17) is 0 Å². The molecule has 2 fully saturated rings. The van der Waals surface area contributed by atoms with Gasteiger partial charge < -0.3 is 5.32 Å². The smallest absolute Gasteiger partial charge is 0.233 e. The zero-order valence-corrected chi connectivity index (χ0v) is 16.2. The number of fused-ring (bicyclic) bond motifs is 2. The number of hydrogen-bond donors (Lipinski definition) is 1. The molecule has 0 radical (unpaired) electrons. The third-order valence-electron chi connectivity index (χ3n) is 6.16. The van der Waals surface area contributed by atoms with E-state index in [1.54, 1.807) is 0 Å². The summed E-state index contributed by atoms with van der Waals surface area (Å²) in [6.45, 7) is 2.14. The van der Waals surface area contributed by atoms with E-state index in [-0.39, 0.29) is 48.6 Å². The summed E-state index contributed by atoms with van der Waals surface area (Å²) in [5.74, 6) is -0.608. The molecule has 0 bridgehead atoms. The summed E-state index contributed by atoms with van der Waals surface area (Å²) in [4.78, 5) is 38.9. The first-order chi connectivity index (χ1) is 13.6. The molecule has 1 N–H and O–H groups in total. The number of nitrogens with one attached hydrogen (secondary N) is 1. The van der Waals surface area contributed by atoms with Crippen LogP contribution in [0, 0.1) is 11.8 Å². The van der Waals surface area contributed by atoms with Gasteiger partial charge in [0.05, 0.1) is 17.9 Å². The van der Waals surface area contributed by atoms with Crippen molar-refractivity contribution in [2.75, 3.05) is 6.54 Å². The van der Waals surface area contributed by atoms with Crippen LogP contribution in [-0.4, -0.2) is 29.2 Å². The van der Waals surface area contributed by atoms with Crippen LogP contribution in [0.15, 0.2) is 42.5 Å². The second-order valence-corrected chi connectivity index (χ2v) is 7.93. The summed E-state index contributed by atoms with van der Waals surface area (Å²) < 4.78 is 0. The van der Waals surface area contributed by atoms with Crippen molar-refractivity contribution < 1.29 is 14.4 Å². The number of nitrogens with zero attached hydrogens (tertiary/aromatic N) is 1. The molecule has 146 valence electrons. The van der Waals surface area contributed by atoms with E-state index in [0.717, 1.165) is 42.0 Å². The molecule has 1 aliphatic carbocycles. The zero-order valence-electron chi connectivity index (χ0n) is 16.2. The summed E-state index contributed by atoms with van der Waals surface area (Å²) >= 11 is 0. The first-order valence-corrected chi connectivity index (χ1v) is 10.2. The summed E-state index contributed by atoms with van der Waals surface area (Å²) in [7, 11) is 0. The number of benzene rings is 2. The highest BCUT2D eigenvalue weighted by Gasteiger charge is 2.47. The highest BCUT2D eigenvalue weighted by Crippen LogP contribution is 2.38. The Balaban J connectivity index is 1.38. The van der Waals surface area contributed by atoms with Gasteiger partial charge in [-0.15, -0.1) is 0 Å². The molecular weight excluding hydrogens is 352 g/mol. The fraction of sp³-hybridized carbons (Fsp3) is 0.435. The fourth-order valence-corrected chi connectivity index (χ4v) is 4.68. The molecule has 4 rings (SSSR count). The Morgan fingerprint density at radius 2 is 1.68 bits per heavy atom. The lowest BCUT2D eigenvalue weighted by Gasteiger charge is -2.19. The average Bonchev–Trinajstić information content (AvgIpc) is 2.96. The number of hydrogen-bond acceptors (Lipinski definition) is 3. The molecule has 2 aromatic rings. The molecule has 1 saturated heterocycles. The van der Waals surface area contributed by atoms with Crippen LogP contribution in [0.1, 0.15) is 50.6 Å². The lowest BCUT2D eigenvalue weighted by molar-refractivity contribution is -0.140. The van der Waals surface area contributed by atoms with E-state index < -0.39 is 0 Å². The summed E-state index contributed by atoms with van der Waals surface area (Å²) in [5, 5.41) is 5.27. The van der Waals surface area contributed by atoms with Crippen molar-refractivity contribution in [2.45, 2.75) is 45.1 Å². The Bertz CT molecular complexity index is 894. The van der Waals surface area contributed by atoms with E-state index in [1.807, 2.05) is 31.2 Å². The fourth-order valence-electron chi connectivity index (χ4n) is 4.68. The molecule has 5 heteroatoms. The Morgan fingerprint density at radius 1 is 1.04 bits per heavy atom. The molecule has 2 aromatic carbocycles. The van der Waals surface area contributed by atoms with Gasteiger partial charge in [-0.2, -0.15) is 0 Å². The topological polar surface area (TPSA) is 66.5 Å². The minimum absolute atomic E-state index is 0.0791. The van der Waals surface area contributed by atoms with Crippen molar-refractivity contribution in [2.24, 2.45) is 11.8 Å². The first-order valence-electron chi connectivity index (χ1n) is 10.2. The van der Waals surface area contributed by atoms with Crippen molar-refractivity contribution in [1.82, 2.24) is 10.2 Å². The summed E-state index contributed by atoms with van der Waals surface area (Å²) in [6, 6.07) is 14.0. The maximum Gasteiger partial charge on any atom is 0.233 e. The van der Waals surface area contributed by atoms with Crippen molar-refractivity contribution >= 4 is 28.5 Å². The average molecular weight is 378 g/mol. The van der Waals surface area contributed by atoms with Crippen LogP contribution in [0.3, 0.4) is 0 Å². The number of rotatable bonds is 5. The normalized spacial score (nSPS) is 23.0. The Labute approximate surface area is 165 Å². The molecule has 28 heavy (non-hydrogen) atoms. The van der Waals surface area contributed by atoms with Gasteiger partial charge in [-0.3, -0.25) is 19.3 Å². The maximum atomic E-state index is 12.5. The summed E-state index contributed by atoms with van der Waals surface area (Å²) in [5.41, 5.74) is 1.06. The second kappa shape index (κ2) is 7.74. The lowest BCUT2D eigenvalue weighted by Crippen LogP contribution is -2.36. The van der Waals surface area contributed by atoms with Gasteiger partial charge in [0.1, 0.15) is 0 Å². The Morgan fingerprint density at radius 3 is 2.39 bits per heavy atom. The largest absolute Gasteiger partial charge is 0.350 e. The minimum Gasteiger partial charge on any atom is -0.350 e. The van der Waals surface area contributed by atoms with Crippen LogP contribution in [0.2, 0.25) is 0 Å². The van der Waals surface area contributed by atoms with Crippen LogP contribution in [0.25, 0.3) is 10.8 Å². The van der Waals surface area contributed by atoms with Gasteiger partial charge in [0.25, 0.3) is 0 Å². The maximum absolute atomic E-state index is 12.5. The second-order valence-electron chi connectivity index (χ2n) is 7.93. The van der Waals surface area contributed by atoms with Crippen molar-refractivity contribution in [3.05, 3.63) is 48.0 Å².